The van der Waals surface area contributed by atoms with Crippen molar-refractivity contribution in [3.63, 3.8) is 0 Å². The zero-order valence-corrected chi connectivity index (χ0v) is 12.9. The third kappa shape index (κ3) is 2.33. The minimum absolute atomic E-state index is 0.00340. The average Bonchev–Trinajstić information content (AvgIpc) is 2.30. The average molecular weight is 311 g/mol. The van der Waals surface area contributed by atoms with Gasteiger partial charge in [-0.1, -0.05) is 29.8 Å². The second-order valence-electron chi connectivity index (χ2n) is 5.79. The topological polar surface area (TPSA) is 26.3 Å². The number of ketones is 1. The first-order valence-corrected chi connectivity index (χ1v) is 7.11. The molecule has 1 aliphatic carbocycles. The van der Waals surface area contributed by atoms with Crippen LogP contribution in [0.25, 0.3) is 0 Å². The number of hydrogen-bond acceptors (Lipinski definition) is 2. The molecule has 2 nitrogen and oxygen atoms in total. The van der Waals surface area contributed by atoms with E-state index >= 15 is 0 Å². The smallest absolute Gasteiger partial charge is 0.145 e. The Balaban J connectivity index is 2.22. The van der Waals surface area contributed by atoms with Gasteiger partial charge in [0.15, 0.2) is 0 Å². The van der Waals surface area contributed by atoms with E-state index in [0.717, 1.165) is 10.2 Å². The highest BCUT2D eigenvalue weighted by Gasteiger charge is 2.49. The Morgan fingerprint density at radius 3 is 2.56 bits per heavy atom. The maximum Gasteiger partial charge on any atom is 0.145 e. The lowest BCUT2D eigenvalue weighted by Crippen LogP contribution is -2.53. The van der Waals surface area contributed by atoms with Crippen LogP contribution in [0.4, 0.5) is 0 Å². The lowest BCUT2D eigenvalue weighted by atomic mass is 9.68. The second kappa shape index (κ2) is 4.69. The van der Waals surface area contributed by atoms with E-state index in [4.69, 9.17) is 4.74 Å². The number of benzene rings is 1. The van der Waals surface area contributed by atoms with Crippen LogP contribution in [0.1, 0.15) is 45.6 Å². The molecule has 1 aromatic carbocycles. The number of halogens is 1. The van der Waals surface area contributed by atoms with Crippen molar-refractivity contribution in [2.24, 2.45) is 5.41 Å². The van der Waals surface area contributed by atoms with Crippen molar-refractivity contribution in [3.8, 4) is 5.75 Å². The Labute approximate surface area is 117 Å². The molecule has 1 unspecified atom stereocenters. The summed E-state index contributed by atoms with van der Waals surface area (Å²) in [6.07, 6.45) is 0.532. The summed E-state index contributed by atoms with van der Waals surface area (Å²) < 4.78 is 7.10. The van der Waals surface area contributed by atoms with Crippen molar-refractivity contribution in [2.75, 3.05) is 0 Å². The number of carbonyl (C=O) groups excluding carboxylic acids is 1. The van der Waals surface area contributed by atoms with E-state index in [2.05, 4.69) is 35.8 Å². The summed E-state index contributed by atoms with van der Waals surface area (Å²) in [7, 11) is 0. The van der Waals surface area contributed by atoms with Gasteiger partial charge in [-0.3, -0.25) is 4.79 Å². The van der Waals surface area contributed by atoms with Crippen LogP contribution in [0.3, 0.4) is 0 Å². The number of ether oxygens (including phenoxy) is 1. The number of Topliss-reactive ketones (excluding diaryl/α,β-unsaturated/α-hetero) is 1. The third-order valence-electron chi connectivity index (χ3n) is 3.76. The Bertz CT molecular complexity index is 477. The number of rotatable bonds is 3. The van der Waals surface area contributed by atoms with E-state index in [-0.39, 0.29) is 17.3 Å². The third-order valence-corrected chi connectivity index (χ3v) is 4.25. The van der Waals surface area contributed by atoms with Gasteiger partial charge in [0.2, 0.25) is 0 Å². The molecule has 1 atom stereocenters. The zero-order valence-electron chi connectivity index (χ0n) is 11.3. The fourth-order valence-electron chi connectivity index (χ4n) is 2.16. The quantitative estimate of drug-likeness (QED) is 0.831. The lowest BCUT2D eigenvalue weighted by Gasteiger charge is -2.42. The SMILES string of the molecule is CC(C)c1cc(Br)ccc1OC1CC(=O)C1(C)C. The van der Waals surface area contributed by atoms with E-state index in [1.165, 1.54) is 5.56 Å². The van der Waals surface area contributed by atoms with Gasteiger partial charge in [0.25, 0.3) is 0 Å². The fourth-order valence-corrected chi connectivity index (χ4v) is 2.53. The molecule has 0 N–H and O–H groups in total. The molecule has 3 heteroatoms. The maximum absolute atomic E-state index is 11.5. The molecule has 0 amide bonds. The Kier molecular flexibility index (Phi) is 3.54. The molecular formula is C15H19BrO2. The van der Waals surface area contributed by atoms with Crippen LogP contribution in [0.2, 0.25) is 0 Å². The highest BCUT2D eigenvalue weighted by molar-refractivity contribution is 9.10. The minimum atomic E-state index is -0.346. The van der Waals surface area contributed by atoms with Gasteiger partial charge in [-0.15, -0.1) is 0 Å². The Morgan fingerprint density at radius 1 is 1.39 bits per heavy atom. The van der Waals surface area contributed by atoms with Crippen LogP contribution in [-0.2, 0) is 4.79 Å². The first-order chi connectivity index (χ1) is 8.32. The standard InChI is InChI=1S/C15H19BrO2/c1-9(2)11-7-10(16)5-6-12(11)18-14-8-13(17)15(14,3)4/h5-7,9,14H,8H2,1-4H3. The van der Waals surface area contributed by atoms with Gasteiger partial charge < -0.3 is 4.74 Å². The lowest BCUT2D eigenvalue weighted by molar-refractivity contribution is -0.148. The molecule has 1 saturated carbocycles. The maximum atomic E-state index is 11.5. The molecule has 98 valence electrons. The molecule has 18 heavy (non-hydrogen) atoms. The predicted octanol–water partition coefficient (Wildman–Crippen LogP) is 4.32. The molecule has 0 aliphatic heterocycles. The van der Waals surface area contributed by atoms with Crippen LogP contribution in [0, 0.1) is 5.41 Å². The molecule has 0 spiro atoms. The largest absolute Gasteiger partial charge is 0.489 e. The summed E-state index contributed by atoms with van der Waals surface area (Å²) >= 11 is 3.48. The van der Waals surface area contributed by atoms with Gasteiger partial charge in [-0.2, -0.15) is 0 Å². The van der Waals surface area contributed by atoms with E-state index in [1.54, 1.807) is 0 Å². The molecule has 1 aromatic rings. The molecular weight excluding hydrogens is 292 g/mol. The van der Waals surface area contributed by atoms with Crippen molar-refractivity contribution in [1.29, 1.82) is 0 Å². The van der Waals surface area contributed by atoms with Gasteiger partial charge in [0.05, 0.1) is 5.41 Å². The van der Waals surface area contributed by atoms with E-state index in [1.807, 2.05) is 26.0 Å². The first-order valence-electron chi connectivity index (χ1n) is 6.31. The van der Waals surface area contributed by atoms with Crippen LogP contribution < -0.4 is 4.74 Å². The predicted molar refractivity (Wildman–Crippen MR) is 76.1 cm³/mol. The van der Waals surface area contributed by atoms with Crippen molar-refractivity contribution < 1.29 is 9.53 Å². The molecule has 1 fully saturated rings. The molecule has 0 saturated heterocycles. The van der Waals surface area contributed by atoms with Crippen LogP contribution >= 0.6 is 15.9 Å². The van der Waals surface area contributed by atoms with E-state index in [0.29, 0.717) is 12.3 Å². The van der Waals surface area contributed by atoms with E-state index < -0.39 is 0 Å². The van der Waals surface area contributed by atoms with Gasteiger partial charge in [0, 0.05) is 10.9 Å². The summed E-state index contributed by atoms with van der Waals surface area (Å²) in [6, 6.07) is 6.06. The zero-order chi connectivity index (χ0) is 13.5. The minimum Gasteiger partial charge on any atom is -0.489 e. The Morgan fingerprint density at radius 2 is 2.06 bits per heavy atom. The van der Waals surface area contributed by atoms with Gasteiger partial charge in [0.1, 0.15) is 17.6 Å². The van der Waals surface area contributed by atoms with Crippen molar-refractivity contribution in [2.45, 2.75) is 46.1 Å². The summed E-state index contributed by atoms with van der Waals surface area (Å²) in [5, 5.41) is 0. The molecule has 0 bridgehead atoms. The molecule has 0 aromatic heterocycles. The van der Waals surface area contributed by atoms with Crippen molar-refractivity contribution in [3.05, 3.63) is 28.2 Å². The number of hydrogen-bond donors (Lipinski definition) is 0. The first kappa shape index (κ1) is 13.6. The van der Waals surface area contributed by atoms with Crippen LogP contribution in [0.15, 0.2) is 22.7 Å². The second-order valence-corrected chi connectivity index (χ2v) is 6.71. The molecule has 0 radical (unpaired) electrons. The summed E-state index contributed by atoms with van der Waals surface area (Å²) in [6.45, 7) is 8.20. The molecule has 2 rings (SSSR count). The van der Waals surface area contributed by atoms with Crippen molar-refractivity contribution in [1.82, 2.24) is 0 Å². The summed E-state index contributed by atoms with van der Waals surface area (Å²) in [5.41, 5.74) is 0.834. The van der Waals surface area contributed by atoms with E-state index in [9.17, 15) is 4.79 Å². The monoisotopic (exact) mass is 310 g/mol. The van der Waals surface area contributed by atoms with Gasteiger partial charge in [-0.25, -0.2) is 0 Å². The highest BCUT2D eigenvalue weighted by Crippen LogP contribution is 2.41. The highest BCUT2D eigenvalue weighted by atomic mass is 79.9. The van der Waals surface area contributed by atoms with Crippen molar-refractivity contribution >= 4 is 21.7 Å². The van der Waals surface area contributed by atoms with Crippen LogP contribution in [0.5, 0.6) is 5.75 Å². The molecule has 1 aliphatic rings. The molecule has 0 heterocycles. The van der Waals surface area contributed by atoms with Gasteiger partial charge in [-0.05, 0) is 43.5 Å². The Hall–Kier alpha value is -0.830. The van der Waals surface area contributed by atoms with Crippen LogP contribution in [-0.4, -0.2) is 11.9 Å². The summed E-state index contributed by atoms with van der Waals surface area (Å²) in [5.74, 6) is 1.59. The normalized spacial score (nSPS) is 21.9. The summed E-state index contributed by atoms with van der Waals surface area (Å²) in [4.78, 5) is 11.5. The van der Waals surface area contributed by atoms with Gasteiger partial charge >= 0.3 is 0 Å². The fraction of sp³-hybridized carbons (Fsp3) is 0.533. The number of carbonyl (C=O) groups is 1.